The van der Waals surface area contributed by atoms with Crippen molar-refractivity contribution in [2.24, 2.45) is 5.92 Å². The first-order valence-corrected chi connectivity index (χ1v) is 7.20. The Morgan fingerprint density at radius 2 is 2.06 bits per heavy atom. The Morgan fingerprint density at radius 1 is 1.41 bits per heavy atom. The molecule has 0 saturated heterocycles. The van der Waals surface area contributed by atoms with Crippen LogP contribution in [0, 0.1) is 19.8 Å². The van der Waals surface area contributed by atoms with Crippen LogP contribution in [0.3, 0.4) is 0 Å². The maximum Gasteiger partial charge on any atom is 0.230 e. The van der Waals surface area contributed by atoms with Gasteiger partial charge in [0.1, 0.15) is 0 Å². The SMILES string of the molecule is CSC[C@@H](C)C(=O)N(C)c1cc(C)ccc1C. The van der Waals surface area contributed by atoms with Gasteiger partial charge in [0.2, 0.25) is 5.91 Å². The van der Waals surface area contributed by atoms with Crippen LogP contribution in [0.5, 0.6) is 0 Å². The van der Waals surface area contributed by atoms with Gasteiger partial charge in [-0.05, 0) is 37.3 Å². The summed E-state index contributed by atoms with van der Waals surface area (Å²) in [5, 5.41) is 0. The molecule has 0 aromatic heterocycles. The second kappa shape index (κ2) is 6.10. The van der Waals surface area contributed by atoms with Crippen LogP contribution in [0.1, 0.15) is 18.1 Å². The molecule has 0 aliphatic heterocycles. The maximum absolute atomic E-state index is 12.2. The molecule has 0 N–H and O–H groups in total. The van der Waals surface area contributed by atoms with Crippen molar-refractivity contribution >= 4 is 23.4 Å². The second-order valence-corrected chi connectivity index (χ2v) is 5.45. The van der Waals surface area contributed by atoms with Crippen LogP contribution in [-0.2, 0) is 4.79 Å². The molecule has 1 aromatic carbocycles. The van der Waals surface area contributed by atoms with E-state index in [0.717, 1.165) is 17.0 Å². The Bertz CT molecular complexity index is 403. The van der Waals surface area contributed by atoms with E-state index in [1.807, 2.05) is 34.1 Å². The molecule has 0 saturated carbocycles. The van der Waals surface area contributed by atoms with Gasteiger partial charge in [-0.15, -0.1) is 0 Å². The highest BCUT2D eigenvalue weighted by Gasteiger charge is 2.19. The van der Waals surface area contributed by atoms with Gasteiger partial charge in [-0.3, -0.25) is 4.79 Å². The number of thioether (sulfide) groups is 1. The molecule has 0 aliphatic rings. The quantitative estimate of drug-likeness (QED) is 0.818. The fraction of sp³-hybridized carbons (Fsp3) is 0.500. The van der Waals surface area contributed by atoms with E-state index >= 15 is 0 Å². The lowest BCUT2D eigenvalue weighted by Gasteiger charge is -2.23. The first-order valence-electron chi connectivity index (χ1n) is 5.81. The zero-order valence-electron chi connectivity index (χ0n) is 11.3. The van der Waals surface area contributed by atoms with E-state index in [1.165, 1.54) is 5.56 Å². The Balaban J connectivity index is 2.92. The molecule has 17 heavy (non-hydrogen) atoms. The smallest absolute Gasteiger partial charge is 0.230 e. The van der Waals surface area contributed by atoms with Gasteiger partial charge in [-0.25, -0.2) is 0 Å². The molecule has 1 aromatic rings. The third-order valence-electron chi connectivity index (χ3n) is 2.89. The Hall–Kier alpha value is -0.960. The van der Waals surface area contributed by atoms with E-state index in [9.17, 15) is 4.79 Å². The first-order chi connectivity index (χ1) is 7.97. The molecule has 0 heterocycles. The molecule has 0 fully saturated rings. The second-order valence-electron chi connectivity index (χ2n) is 4.54. The number of carbonyl (C=O) groups excluding carboxylic acids is 1. The molecule has 1 atom stereocenters. The van der Waals surface area contributed by atoms with E-state index in [0.29, 0.717) is 0 Å². The molecule has 1 amide bonds. The van der Waals surface area contributed by atoms with E-state index in [2.05, 4.69) is 18.2 Å². The zero-order chi connectivity index (χ0) is 13.0. The Labute approximate surface area is 108 Å². The number of hydrogen-bond donors (Lipinski definition) is 0. The van der Waals surface area contributed by atoms with Gasteiger partial charge < -0.3 is 4.90 Å². The van der Waals surface area contributed by atoms with Gasteiger partial charge in [0.25, 0.3) is 0 Å². The number of carbonyl (C=O) groups is 1. The molecule has 0 radical (unpaired) electrons. The molecular weight excluding hydrogens is 230 g/mol. The molecule has 1 rings (SSSR count). The lowest BCUT2D eigenvalue weighted by molar-refractivity contribution is -0.120. The standard InChI is InChI=1S/C14H21NOS/c1-10-6-7-11(2)13(8-10)15(4)14(16)12(3)9-17-5/h6-8,12H,9H2,1-5H3/t12-/m1/s1. The third-order valence-corrected chi connectivity index (χ3v) is 3.73. The number of benzene rings is 1. The van der Waals surface area contributed by atoms with Crippen LogP contribution >= 0.6 is 11.8 Å². The first kappa shape index (κ1) is 14.1. The summed E-state index contributed by atoms with van der Waals surface area (Å²) in [5.74, 6) is 1.12. The van der Waals surface area contributed by atoms with Crippen molar-refractivity contribution in [3.63, 3.8) is 0 Å². The van der Waals surface area contributed by atoms with Crippen LogP contribution in [-0.4, -0.2) is 25.0 Å². The summed E-state index contributed by atoms with van der Waals surface area (Å²) < 4.78 is 0. The lowest BCUT2D eigenvalue weighted by Crippen LogP contribution is -2.33. The van der Waals surface area contributed by atoms with Crippen molar-refractivity contribution in [3.05, 3.63) is 29.3 Å². The summed E-state index contributed by atoms with van der Waals surface area (Å²) in [6, 6.07) is 6.20. The van der Waals surface area contributed by atoms with Crippen molar-refractivity contribution in [1.29, 1.82) is 0 Å². The van der Waals surface area contributed by atoms with Gasteiger partial charge in [-0.2, -0.15) is 11.8 Å². The van der Waals surface area contributed by atoms with Crippen LogP contribution in [0.4, 0.5) is 5.69 Å². The van der Waals surface area contributed by atoms with Crippen molar-refractivity contribution in [1.82, 2.24) is 0 Å². The summed E-state index contributed by atoms with van der Waals surface area (Å²) in [6.45, 7) is 6.07. The molecule has 2 nitrogen and oxygen atoms in total. The predicted octanol–water partition coefficient (Wildman–Crippen LogP) is 3.27. The molecule has 94 valence electrons. The average molecular weight is 251 g/mol. The third kappa shape index (κ3) is 3.50. The predicted molar refractivity (Wildman–Crippen MR) is 76.9 cm³/mol. The van der Waals surface area contributed by atoms with Crippen molar-refractivity contribution in [2.45, 2.75) is 20.8 Å². The molecule has 0 unspecified atom stereocenters. The molecule has 0 bridgehead atoms. The van der Waals surface area contributed by atoms with E-state index in [4.69, 9.17) is 0 Å². The number of aryl methyl sites for hydroxylation is 2. The topological polar surface area (TPSA) is 20.3 Å². The summed E-state index contributed by atoms with van der Waals surface area (Å²) >= 11 is 1.71. The van der Waals surface area contributed by atoms with Crippen LogP contribution in [0.2, 0.25) is 0 Å². The number of hydrogen-bond acceptors (Lipinski definition) is 2. The minimum atomic E-state index is 0.0647. The van der Waals surface area contributed by atoms with E-state index < -0.39 is 0 Å². The maximum atomic E-state index is 12.2. The Kier molecular flexibility index (Phi) is 5.06. The summed E-state index contributed by atoms with van der Waals surface area (Å²) in [7, 11) is 1.86. The monoisotopic (exact) mass is 251 g/mol. The number of amides is 1. The van der Waals surface area contributed by atoms with Gasteiger partial charge in [0, 0.05) is 24.4 Å². The van der Waals surface area contributed by atoms with Gasteiger partial charge in [-0.1, -0.05) is 19.1 Å². The highest BCUT2D eigenvalue weighted by atomic mass is 32.2. The van der Waals surface area contributed by atoms with Crippen molar-refractivity contribution in [3.8, 4) is 0 Å². The molecule has 0 aliphatic carbocycles. The highest BCUT2D eigenvalue weighted by molar-refractivity contribution is 7.98. The van der Waals surface area contributed by atoms with Gasteiger partial charge in [0.15, 0.2) is 0 Å². The molecular formula is C14H21NOS. The molecule has 3 heteroatoms. The highest BCUT2D eigenvalue weighted by Crippen LogP contribution is 2.22. The van der Waals surface area contributed by atoms with E-state index in [-0.39, 0.29) is 11.8 Å². The Morgan fingerprint density at radius 3 is 2.65 bits per heavy atom. The minimum Gasteiger partial charge on any atom is -0.315 e. The van der Waals surface area contributed by atoms with Crippen molar-refractivity contribution in [2.75, 3.05) is 24.0 Å². The van der Waals surface area contributed by atoms with Crippen LogP contribution in [0.25, 0.3) is 0 Å². The molecule has 0 spiro atoms. The normalized spacial score (nSPS) is 12.3. The van der Waals surface area contributed by atoms with Gasteiger partial charge in [0.05, 0.1) is 0 Å². The van der Waals surface area contributed by atoms with E-state index in [1.54, 1.807) is 16.7 Å². The average Bonchev–Trinajstić information content (AvgIpc) is 2.30. The lowest BCUT2D eigenvalue weighted by atomic mass is 10.1. The summed E-state index contributed by atoms with van der Waals surface area (Å²) in [6.07, 6.45) is 2.03. The van der Waals surface area contributed by atoms with Crippen LogP contribution in [0.15, 0.2) is 18.2 Å². The fourth-order valence-electron chi connectivity index (χ4n) is 1.85. The van der Waals surface area contributed by atoms with Crippen LogP contribution < -0.4 is 4.90 Å². The minimum absolute atomic E-state index is 0.0647. The number of anilines is 1. The largest absolute Gasteiger partial charge is 0.315 e. The summed E-state index contributed by atoms with van der Waals surface area (Å²) in [4.78, 5) is 14.0. The summed E-state index contributed by atoms with van der Waals surface area (Å²) in [5.41, 5.74) is 3.34. The zero-order valence-corrected chi connectivity index (χ0v) is 12.1. The number of rotatable bonds is 4. The number of nitrogens with zero attached hydrogens (tertiary/aromatic N) is 1. The van der Waals surface area contributed by atoms with Gasteiger partial charge >= 0.3 is 0 Å². The van der Waals surface area contributed by atoms with Crippen molar-refractivity contribution < 1.29 is 4.79 Å². The fourth-order valence-corrected chi connectivity index (χ4v) is 2.49.